The first-order chi connectivity index (χ1) is 11.7. The van der Waals surface area contributed by atoms with E-state index in [0.29, 0.717) is 6.54 Å². The monoisotopic (exact) mass is 385 g/mol. The van der Waals surface area contributed by atoms with Gasteiger partial charge < -0.3 is 14.6 Å². The number of pyridine rings is 1. The van der Waals surface area contributed by atoms with Gasteiger partial charge in [0, 0.05) is 37.5 Å². The molecule has 6 heteroatoms. The third-order valence-corrected chi connectivity index (χ3v) is 4.20. The Balaban J connectivity index is 1.64. The maximum Gasteiger partial charge on any atom is 0.194 e. The third kappa shape index (κ3) is 3.94. The van der Waals surface area contributed by atoms with Gasteiger partial charge in [-0.25, -0.2) is 4.98 Å². The number of guanidine groups is 1. The molecule has 3 aromatic rings. The fourth-order valence-electron chi connectivity index (χ4n) is 2.59. The van der Waals surface area contributed by atoms with E-state index in [1.165, 1.54) is 5.56 Å². The smallest absolute Gasteiger partial charge is 0.194 e. The lowest BCUT2D eigenvalue weighted by Crippen LogP contribution is -2.38. The van der Waals surface area contributed by atoms with E-state index in [-0.39, 0.29) is 0 Å². The van der Waals surface area contributed by atoms with Gasteiger partial charge in [-0.15, -0.1) is 0 Å². The zero-order chi connectivity index (χ0) is 16.9. The summed E-state index contributed by atoms with van der Waals surface area (Å²) >= 11 is 3.48. The second-order valence-electron chi connectivity index (χ2n) is 5.59. The van der Waals surface area contributed by atoms with Crippen LogP contribution in [0.2, 0.25) is 0 Å². The highest BCUT2D eigenvalue weighted by molar-refractivity contribution is 9.10. The average Bonchev–Trinajstić information content (AvgIpc) is 2.98. The van der Waals surface area contributed by atoms with Gasteiger partial charge in [-0.2, -0.15) is 0 Å². The molecule has 5 nitrogen and oxygen atoms in total. The van der Waals surface area contributed by atoms with E-state index in [9.17, 15) is 0 Å². The van der Waals surface area contributed by atoms with E-state index in [4.69, 9.17) is 0 Å². The number of imidazole rings is 1. The molecule has 0 aliphatic carbocycles. The van der Waals surface area contributed by atoms with Crippen molar-refractivity contribution in [1.29, 1.82) is 0 Å². The van der Waals surface area contributed by atoms with Crippen LogP contribution in [0.3, 0.4) is 0 Å². The standard InChI is InChI=1S/C18H20BrN5/c1-20-18(23(2)11-14-6-4-3-5-7-14)21-10-16-13-24-12-15(19)8-9-17(24)22-16/h3-9,12-13H,10-11H2,1-2H3,(H,20,21). The predicted octanol–water partition coefficient (Wildman–Crippen LogP) is 3.30. The van der Waals surface area contributed by atoms with Gasteiger partial charge in [-0.1, -0.05) is 30.3 Å². The Bertz CT molecular complexity index is 841. The maximum absolute atomic E-state index is 4.61. The summed E-state index contributed by atoms with van der Waals surface area (Å²) in [6.07, 6.45) is 4.03. The van der Waals surface area contributed by atoms with Crippen molar-refractivity contribution in [1.82, 2.24) is 19.6 Å². The molecule has 0 amide bonds. The molecule has 1 aromatic carbocycles. The van der Waals surface area contributed by atoms with Crippen LogP contribution in [-0.4, -0.2) is 34.3 Å². The molecule has 0 atom stereocenters. The minimum Gasteiger partial charge on any atom is -0.351 e. The lowest BCUT2D eigenvalue weighted by Gasteiger charge is -2.21. The number of hydrogen-bond donors (Lipinski definition) is 1. The molecule has 2 heterocycles. The number of fused-ring (bicyclic) bond motifs is 1. The van der Waals surface area contributed by atoms with Crippen LogP contribution in [-0.2, 0) is 13.1 Å². The molecule has 124 valence electrons. The summed E-state index contributed by atoms with van der Waals surface area (Å²) < 4.78 is 3.04. The Morgan fingerprint density at radius 1 is 1.21 bits per heavy atom. The molecule has 0 unspecified atom stereocenters. The van der Waals surface area contributed by atoms with Crippen molar-refractivity contribution in [2.45, 2.75) is 13.1 Å². The second-order valence-corrected chi connectivity index (χ2v) is 6.50. The quantitative estimate of drug-likeness (QED) is 0.553. The van der Waals surface area contributed by atoms with E-state index in [1.807, 2.05) is 54.2 Å². The van der Waals surface area contributed by atoms with Crippen molar-refractivity contribution >= 4 is 27.5 Å². The molecule has 3 rings (SSSR count). The average molecular weight is 386 g/mol. The molecule has 0 saturated carbocycles. The van der Waals surface area contributed by atoms with Gasteiger partial charge in [0.2, 0.25) is 0 Å². The van der Waals surface area contributed by atoms with Crippen LogP contribution in [0.15, 0.2) is 64.3 Å². The number of hydrogen-bond acceptors (Lipinski definition) is 2. The van der Waals surface area contributed by atoms with Crippen molar-refractivity contribution < 1.29 is 0 Å². The summed E-state index contributed by atoms with van der Waals surface area (Å²) in [4.78, 5) is 11.1. The fraction of sp³-hybridized carbons (Fsp3) is 0.222. The minimum absolute atomic E-state index is 0.630. The maximum atomic E-state index is 4.61. The Hall–Kier alpha value is -2.34. The summed E-state index contributed by atoms with van der Waals surface area (Å²) in [5.74, 6) is 0.845. The molecule has 0 aliphatic rings. The molecule has 1 N–H and O–H groups in total. The van der Waals surface area contributed by atoms with Crippen LogP contribution in [0, 0.1) is 0 Å². The second kappa shape index (κ2) is 7.49. The summed E-state index contributed by atoms with van der Waals surface area (Å²) in [5, 5.41) is 3.37. The third-order valence-electron chi connectivity index (χ3n) is 3.73. The Morgan fingerprint density at radius 3 is 2.75 bits per heavy atom. The lowest BCUT2D eigenvalue weighted by atomic mass is 10.2. The normalized spacial score (nSPS) is 11.7. The van der Waals surface area contributed by atoms with Gasteiger partial charge in [0.1, 0.15) is 5.65 Å². The molecule has 0 fully saturated rings. The van der Waals surface area contributed by atoms with Crippen LogP contribution in [0.25, 0.3) is 5.65 Å². The molecule has 0 bridgehead atoms. The first-order valence-electron chi connectivity index (χ1n) is 7.74. The lowest BCUT2D eigenvalue weighted by molar-refractivity contribution is 0.476. The van der Waals surface area contributed by atoms with Crippen molar-refractivity contribution in [2.75, 3.05) is 14.1 Å². The van der Waals surface area contributed by atoms with Crippen LogP contribution < -0.4 is 5.32 Å². The highest BCUT2D eigenvalue weighted by Gasteiger charge is 2.08. The number of aromatic nitrogens is 2. The minimum atomic E-state index is 0.630. The van der Waals surface area contributed by atoms with E-state index < -0.39 is 0 Å². The number of benzene rings is 1. The van der Waals surface area contributed by atoms with Crippen molar-refractivity contribution in [2.24, 2.45) is 4.99 Å². The molecule has 0 saturated heterocycles. The highest BCUT2D eigenvalue weighted by atomic mass is 79.9. The van der Waals surface area contributed by atoms with Gasteiger partial charge >= 0.3 is 0 Å². The number of aliphatic imine (C=N–C) groups is 1. The summed E-state index contributed by atoms with van der Waals surface area (Å²) in [5.41, 5.74) is 3.16. The Morgan fingerprint density at radius 2 is 2.00 bits per heavy atom. The zero-order valence-electron chi connectivity index (χ0n) is 13.8. The summed E-state index contributed by atoms with van der Waals surface area (Å²) in [6, 6.07) is 14.3. The van der Waals surface area contributed by atoms with Crippen LogP contribution in [0.1, 0.15) is 11.3 Å². The van der Waals surface area contributed by atoms with Crippen molar-refractivity contribution in [3.05, 3.63) is 70.6 Å². The first kappa shape index (κ1) is 16.5. The fourth-order valence-corrected chi connectivity index (χ4v) is 2.94. The van der Waals surface area contributed by atoms with Crippen LogP contribution >= 0.6 is 15.9 Å². The molecular weight excluding hydrogens is 366 g/mol. The van der Waals surface area contributed by atoms with Crippen LogP contribution in [0.5, 0.6) is 0 Å². The largest absolute Gasteiger partial charge is 0.351 e. The molecule has 0 aliphatic heterocycles. The number of halogens is 1. The molecule has 0 radical (unpaired) electrons. The van der Waals surface area contributed by atoms with E-state index in [1.54, 1.807) is 7.05 Å². The molecular formula is C18H20BrN5. The first-order valence-corrected chi connectivity index (χ1v) is 8.54. The summed E-state index contributed by atoms with van der Waals surface area (Å²) in [7, 11) is 3.83. The topological polar surface area (TPSA) is 44.9 Å². The zero-order valence-corrected chi connectivity index (χ0v) is 15.4. The molecule has 2 aromatic heterocycles. The van der Waals surface area contributed by atoms with E-state index in [2.05, 4.69) is 48.3 Å². The van der Waals surface area contributed by atoms with Gasteiger partial charge in [0.05, 0.1) is 12.2 Å². The van der Waals surface area contributed by atoms with Gasteiger partial charge in [0.25, 0.3) is 0 Å². The number of nitrogens with zero attached hydrogens (tertiary/aromatic N) is 4. The highest BCUT2D eigenvalue weighted by Crippen LogP contribution is 2.12. The van der Waals surface area contributed by atoms with Gasteiger partial charge in [0.15, 0.2) is 5.96 Å². The Kier molecular flexibility index (Phi) is 5.15. The SMILES string of the molecule is CN=C(NCc1cn2cc(Br)ccc2n1)N(C)Cc1ccccc1. The van der Waals surface area contributed by atoms with E-state index in [0.717, 1.165) is 28.3 Å². The van der Waals surface area contributed by atoms with Crippen LogP contribution in [0.4, 0.5) is 0 Å². The van der Waals surface area contributed by atoms with E-state index >= 15 is 0 Å². The van der Waals surface area contributed by atoms with Crippen molar-refractivity contribution in [3.8, 4) is 0 Å². The number of rotatable bonds is 4. The van der Waals surface area contributed by atoms with Gasteiger partial charge in [-0.3, -0.25) is 4.99 Å². The number of nitrogens with one attached hydrogen (secondary N) is 1. The van der Waals surface area contributed by atoms with Crippen molar-refractivity contribution in [3.63, 3.8) is 0 Å². The summed E-state index contributed by atoms with van der Waals surface area (Å²) in [6.45, 7) is 1.43. The Labute approximate surface area is 150 Å². The molecule has 24 heavy (non-hydrogen) atoms. The molecule has 0 spiro atoms. The predicted molar refractivity (Wildman–Crippen MR) is 101 cm³/mol. The van der Waals surface area contributed by atoms with Gasteiger partial charge in [-0.05, 0) is 33.6 Å².